The van der Waals surface area contributed by atoms with Gasteiger partial charge in [-0.15, -0.1) is 21.5 Å². The van der Waals surface area contributed by atoms with Crippen molar-refractivity contribution in [1.82, 2.24) is 24.6 Å². The standard InChI is InChI=1S/C19H13F2N5OS/c20-12-3-1-11(2-4-12)19(27)25-7-8-26-16(10-25)23-24-17(26)18-22-14-9-13(21)5-6-15(14)28-18/h1-6,9H,7-8,10H2. The van der Waals surface area contributed by atoms with Crippen LogP contribution in [0.4, 0.5) is 8.78 Å². The molecular weight excluding hydrogens is 384 g/mol. The van der Waals surface area contributed by atoms with E-state index in [1.54, 1.807) is 11.0 Å². The molecule has 0 saturated carbocycles. The zero-order valence-corrected chi connectivity index (χ0v) is 15.3. The van der Waals surface area contributed by atoms with Crippen molar-refractivity contribution in [2.24, 2.45) is 0 Å². The van der Waals surface area contributed by atoms with Crippen molar-refractivity contribution in [3.05, 3.63) is 65.5 Å². The molecular formula is C19H13F2N5OS. The Morgan fingerprint density at radius 3 is 2.61 bits per heavy atom. The van der Waals surface area contributed by atoms with Gasteiger partial charge in [0.25, 0.3) is 5.91 Å². The molecule has 5 rings (SSSR count). The molecule has 2 aromatic heterocycles. The average Bonchev–Trinajstić information content (AvgIpc) is 3.30. The van der Waals surface area contributed by atoms with Crippen molar-refractivity contribution >= 4 is 27.5 Å². The number of hydrogen-bond donors (Lipinski definition) is 0. The number of amides is 1. The number of thiazole rings is 1. The monoisotopic (exact) mass is 397 g/mol. The van der Waals surface area contributed by atoms with Gasteiger partial charge in [-0.3, -0.25) is 4.79 Å². The summed E-state index contributed by atoms with van der Waals surface area (Å²) in [5, 5.41) is 9.12. The molecule has 9 heteroatoms. The Morgan fingerprint density at radius 2 is 1.79 bits per heavy atom. The van der Waals surface area contributed by atoms with Gasteiger partial charge in [-0.25, -0.2) is 13.8 Å². The molecule has 28 heavy (non-hydrogen) atoms. The molecule has 0 unspecified atom stereocenters. The molecule has 0 saturated heterocycles. The summed E-state index contributed by atoms with van der Waals surface area (Å²) in [4.78, 5) is 18.8. The number of benzene rings is 2. The summed E-state index contributed by atoms with van der Waals surface area (Å²) in [6, 6.07) is 9.99. The second-order valence-corrected chi connectivity index (χ2v) is 7.49. The molecule has 1 amide bonds. The smallest absolute Gasteiger partial charge is 0.254 e. The Kier molecular flexibility index (Phi) is 3.90. The van der Waals surface area contributed by atoms with E-state index in [4.69, 9.17) is 0 Å². The number of aromatic nitrogens is 4. The molecule has 0 N–H and O–H groups in total. The van der Waals surface area contributed by atoms with Crippen molar-refractivity contribution in [3.8, 4) is 10.8 Å². The van der Waals surface area contributed by atoms with Gasteiger partial charge < -0.3 is 9.47 Å². The van der Waals surface area contributed by atoms with E-state index in [9.17, 15) is 13.6 Å². The maximum Gasteiger partial charge on any atom is 0.254 e. The van der Waals surface area contributed by atoms with Gasteiger partial charge in [0.1, 0.15) is 11.6 Å². The molecule has 3 heterocycles. The number of rotatable bonds is 2. The average molecular weight is 397 g/mol. The highest BCUT2D eigenvalue weighted by Crippen LogP contribution is 2.31. The number of carbonyl (C=O) groups excluding carboxylic acids is 1. The van der Waals surface area contributed by atoms with Crippen LogP contribution in [0.2, 0.25) is 0 Å². The Hall–Kier alpha value is -3.20. The van der Waals surface area contributed by atoms with Gasteiger partial charge in [-0.1, -0.05) is 0 Å². The van der Waals surface area contributed by atoms with Gasteiger partial charge in [0, 0.05) is 24.7 Å². The first kappa shape index (κ1) is 16.9. The molecule has 0 bridgehead atoms. The van der Waals surface area contributed by atoms with Gasteiger partial charge in [0.05, 0.1) is 16.8 Å². The third kappa shape index (κ3) is 2.84. The fraction of sp³-hybridized carbons (Fsp3) is 0.158. The normalized spacial score (nSPS) is 13.7. The van der Waals surface area contributed by atoms with Crippen LogP contribution >= 0.6 is 11.3 Å². The van der Waals surface area contributed by atoms with E-state index in [1.807, 2.05) is 4.57 Å². The Morgan fingerprint density at radius 1 is 1.00 bits per heavy atom. The van der Waals surface area contributed by atoms with Crippen LogP contribution in [0.25, 0.3) is 21.0 Å². The van der Waals surface area contributed by atoms with Crippen molar-refractivity contribution in [2.45, 2.75) is 13.1 Å². The SMILES string of the molecule is O=C(c1ccc(F)cc1)N1CCn2c(nnc2-c2nc3cc(F)ccc3s2)C1. The molecule has 0 fully saturated rings. The first-order valence-electron chi connectivity index (χ1n) is 8.62. The van der Waals surface area contributed by atoms with E-state index in [-0.39, 0.29) is 17.5 Å². The Balaban J connectivity index is 1.43. The summed E-state index contributed by atoms with van der Waals surface area (Å²) in [5.41, 5.74) is 1.02. The summed E-state index contributed by atoms with van der Waals surface area (Å²) >= 11 is 1.42. The number of fused-ring (bicyclic) bond motifs is 2. The highest BCUT2D eigenvalue weighted by atomic mass is 32.1. The van der Waals surface area contributed by atoms with Crippen LogP contribution in [0.1, 0.15) is 16.2 Å². The molecule has 1 aliphatic rings. The molecule has 140 valence electrons. The number of halogens is 2. The topological polar surface area (TPSA) is 63.9 Å². The second-order valence-electron chi connectivity index (χ2n) is 6.46. The lowest BCUT2D eigenvalue weighted by Crippen LogP contribution is -2.38. The predicted molar refractivity (Wildman–Crippen MR) is 99.7 cm³/mol. The van der Waals surface area contributed by atoms with Gasteiger partial charge in [0.2, 0.25) is 0 Å². The van der Waals surface area contributed by atoms with Crippen molar-refractivity contribution < 1.29 is 13.6 Å². The van der Waals surface area contributed by atoms with Crippen LogP contribution in [0.5, 0.6) is 0 Å². The number of carbonyl (C=O) groups is 1. The minimum Gasteiger partial charge on any atom is -0.329 e. The zero-order valence-electron chi connectivity index (χ0n) is 14.5. The first-order chi connectivity index (χ1) is 13.6. The van der Waals surface area contributed by atoms with Gasteiger partial charge in [-0.05, 0) is 36.4 Å². The molecule has 1 aliphatic heterocycles. The maximum absolute atomic E-state index is 13.4. The van der Waals surface area contributed by atoms with Crippen LogP contribution in [0.15, 0.2) is 42.5 Å². The fourth-order valence-corrected chi connectivity index (χ4v) is 4.20. The molecule has 2 aromatic carbocycles. The van der Waals surface area contributed by atoms with Crippen LogP contribution in [-0.2, 0) is 13.1 Å². The highest BCUT2D eigenvalue weighted by molar-refractivity contribution is 7.21. The minimum absolute atomic E-state index is 0.175. The van der Waals surface area contributed by atoms with Gasteiger partial charge in [0.15, 0.2) is 16.7 Å². The lowest BCUT2D eigenvalue weighted by atomic mass is 10.2. The van der Waals surface area contributed by atoms with Crippen molar-refractivity contribution in [1.29, 1.82) is 0 Å². The van der Waals surface area contributed by atoms with Crippen LogP contribution in [0.3, 0.4) is 0 Å². The number of hydrogen-bond acceptors (Lipinski definition) is 5. The van der Waals surface area contributed by atoms with Gasteiger partial charge in [-0.2, -0.15) is 0 Å². The molecule has 6 nitrogen and oxygen atoms in total. The summed E-state index contributed by atoms with van der Waals surface area (Å²) in [6.45, 7) is 1.31. The summed E-state index contributed by atoms with van der Waals surface area (Å²) in [7, 11) is 0. The van der Waals surface area contributed by atoms with Gasteiger partial charge >= 0.3 is 0 Å². The number of nitrogens with zero attached hydrogens (tertiary/aromatic N) is 5. The summed E-state index contributed by atoms with van der Waals surface area (Å²) in [6.07, 6.45) is 0. The van der Waals surface area contributed by atoms with Crippen LogP contribution in [-0.4, -0.2) is 37.1 Å². The fourth-order valence-electron chi connectivity index (χ4n) is 3.26. The van der Waals surface area contributed by atoms with Crippen molar-refractivity contribution in [3.63, 3.8) is 0 Å². The maximum atomic E-state index is 13.4. The van der Waals surface area contributed by atoms with E-state index in [0.717, 1.165) is 4.70 Å². The van der Waals surface area contributed by atoms with E-state index < -0.39 is 0 Å². The van der Waals surface area contributed by atoms with Crippen LogP contribution < -0.4 is 0 Å². The predicted octanol–water partition coefficient (Wildman–Crippen LogP) is 3.49. The lowest BCUT2D eigenvalue weighted by molar-refractivity contribution is 0.0708. The Bertz CT molecular complexity index is 1200. The van der Waals surface area contributed by atoms with E-state index in [1.165, 1.54) is 47.7 Å². The highest BCUT2D eigenvalue weighted by Gasteiger charge is 2.26. The Labute approximate surface area is 162 Å². The molecule has 0 atom stereocenters. The second kappa shape index (κ2) is 6.45. The zero-order chi connectivity index (χ0) is 19.3. The quantitative estimate of drug-likeness (QED) is 0.519. The van der Waals surface area contributed by atoms with Crippen LogP contribution in [0, 0.1) is 11.6 Å². The third-order valence-corrected chi connectivity index (χ3v) is 5.70. The minimum atomic E-state index is -0.379. The van der Waals surface area contributed by atoms with E-state index in [0.29, 0.717) is 47.4 Å². The third-order valence-electron chi connectivity index (χ3n) is 4.67. The largest absolute Gasteiger partial charge is 0.329 e. The molecule has 4 aromatic rings. The van der Waals surface area contributed by atoms with Crippen molar-refractivity contribution in [2.75, 3.05) is 6.54 Å². The molecule has 0 aliphatic carbocycles. The molecule has 0 radical (unpaired) electrons. The first-order valence-corrected chi connectivity index (χ1v) is 9.43. The molecule has 0 spiro atoms. The summed E-state index contributed by atoms with van der Waals surface area (Å²) < 4.78 is 29.3. The lowest BCUT2D eigenvalue weighted by Gasteiger charge is -2.27. The van der Waals surface area contributed by atoms with E-state index in [2.05, 4.69) is 15.2 Å². The van der Waals surface area contributed by atoms with E-state index >= 15 is 0 Å². The summed E-state index contributed by atoms with van der Waals surface area (Å²) in [5.74, 6) is 0.386.